The normalized spacial score (nSPS) is 9.96. The van der Waals surface area contributed by atoms with Crippen LogP contribution in [-0.4, -0.2) is 37.8 Å². The molecule has 6 heteroatoms. The van der Waals surface area contributed by atoms with Gasteiger partial charge in [0, 0.05) is 25.8 Å². The molecule has 23 heavy (non-hydrogen) atoms. The van der Waals surface area contributed by atoms with Crippen molar-refractivity contribution in [2.75, 3.05) is 32.1 Å². The third kappa shape index (κ3) is 6.25. The fourth-order valence-electron chi connectivity index (χ4n) is 2.01. The number of nitrogens with zero attached hydrogens (tertiary/aromatic N) is 1. The van der Waals surface area contributed by atoms with Crippen molar-refractivity contribution in [1.82, 2.24) is 15.6 Å². The van der Waals surface area contributed by atoms with Gasteiger partial charge in [-0.15, -0.1) is 0 Å². The Hall–Kier alpha value is -2.76. The van der Waals surface area contributed by atoms with E-state index in [1.54, 1.807) is 13.3 Å². The zero-order valence-corrected chi connectivity index (χ0v) is 13.2. The van der Waals surface area contributed by atoms with Crippen LogP contribution >= 0.6 is 0 Å². The van der Waals surface area contributed by atoms with Crippen LogP contribution in [0.3, 0.4) is 0 Å². The molecule has 0 spiro atoms. The molecule has 0 saturated carbocycles. The Bertz CT molecular complexity index is 587. The van der Waals surface area contributed by atoms with Gasteiger partial charge in [-0.1, -0.05) is 18.2 Å². The van der Waals surface area contributed by atoms with Crippen molar-refractivity contribution in [3.63, 3.8) is 0 Å². The molecule has 3 N–H and O–H groups in total. The molecular weight excluding hydrogens is 292 g/mol. The first kappa shape index (κ1) is 16.6. The lowest BCUT2D eigenvalue weighted by atomic mass is 10.1. The van der Waals surface area contributed by atoms with Gasteiger partial charge < -0.3 is 20.7 Å². The fraction of sp³-hybridized carbons (Fsp3) is 0.294. The number of pyridine rings is 1. The molecule has 1 aromatic carbocycles. The lowest BCUT2D eigenvalue weighted by Gasteiger charge is -2.09. The Morgan fingerprint density at radius 2 is 1.83 bits per heavy atom. The molecule has 2 rings (SSSR count). The van der Waals surface area contributed by atoms with Crippen LogP contribution in [0.4, 0.5) is 10.6 Å². The van der Waals surface area contributed by atoms with Crippen LogP contribution < -0.4 is 20.7 Å². The van der Waals surface area contributed by atoms with Gasteiger partial charge in [-0.3, -0.25) is 0 Å². The highest BCUT2D eigenvalue weighted by molar-refractivity contribution is 5.73. The Morgan fingerprint density at radius 1 is 1.04 bits per heavy atom. The summed E-state index contributed by atoms with van der Waals surface area (Å²) in [7, 11) is 1.64. The first-order valence-electron chi connectivity index (χ1n) is 7.57. The van der Waals surface area contributed by atoms with E-state index in [9.17, 15) is 4.79 Å². The van der Waals surface area contributed by atoms with Gasteiger partial charge in [0.1, 0.15) is 11.6 Å². The molecule has 1 aromatic heterocycles. The van der Waals surface area contributed by atoms with Gasteiger partial charge in [0.15, 0.2) is 0 Å². The first-order chi connectivity index (χ1) is 11.3. The summed E-state index contributed by atoms with van der Waals surface area (Å²) in [5.74, 6) is 1.63. The van der Waals surface area contributed by atoms with Gasteiger partial charge in [-0.2, -0.15) is 0 Å². The summed E-state index contributed by atoms with van der Waals surface area (Å²) in [6, 6.07) is 13.3. The lowest BCUT2D eigenvalue weighted by molar-refractivity contribution is 0.241. The number of methoxy groups -OCH3 is 1. The lowest BCUT2D eigenvalue weighted by Crippen LogP contribution is -2.38. The van der Waals surface area contributed by atoms with E-state index in [2.05, 4.69) is 20.9 Å². The number of hydrogen-bond donors (Lipinski definition) is 3. The van der Waals surface area contributed by atoms with Crippen LogP contribution in [0.25, 0.3) is 0 Å². The van der Waals surface area contributed by atoms with Crippen molar-refractivity contribution in [2.24, 2.45) is 0 Å². The smallest absolute Gasteiger partial charge is 0.314 e. The maximum absolute atomic E-state index is 11.7. The molecular formula is C17H22N4O2. The van der Waals surface area contributed by atoms with Crippen LogP contribution in [0.1, 0.15) is 5.56 Å². The van der Waals surface area contributed by atoms with E-state index in [4.69, 9.17) is 4.74 Å². The van der Waals surface area contributed by atoms with Crippen molar-refractivity contribution >= 4 is 11.8 Å². The number of rotatable bonds is 8. The number of nitrogens with one attached hydrogen (secondary N) is 3. The molecule has 1 heterocycles. The molecule has 6 nitrogen and oxygen atoms in total. The molecule has 0 aliphatic rings. The second kappa shape index (κ2) is 9.30. The minimum absolute atomic E-state index is 0.165. The maximum Gasteiger partial charge on any atom is 0.314 e. The number of amides is 2. The number of benzene rings is 1. The molecule has 0 saturated heterocycles. The molecule has 122 valence electrons. The molecule has 0 unspecified atom stereocenters. The second-order valence-corrected chi connectivity index (χ2v) is 4.92. The minimum Gasteiger partial charge on any atom is -0.497 e. The topological polar surface area (TPSA) is 75.3 Å². The molecule has 0 radical (unpaired) electrons. The third-order valence-electron chi connectivity index (χ3n) is 3.24. The van der Waals surface area contributed by atoms with Crippen LogP contribution in [0.15, 0.2) is 48.7 Å². The molecule has 0 atom stereocenters. The Kier molecular flexibility index (Phi) is 6.71. The number of carbonyl (C=O) groups excluding carboxylic acids is 1. The number of urea groups is 1. The van der Waals surface area contributed by atoms with Crippen molar-refractivity contribution in [3.8, 4) is 5.75 Å². The summed E-state index contributed by atoms with van der Waals surface area (Å²) in [4.78, 5) is 15.8. The molecule has 2 amide bonds. The number of ether oxygens (including phenoxy) is 1. The molecule has 0 aliphatic carbocycles. The maximum atomic E-state index is 11.7. The Balaban J connectivity index is 1.56. The van der Waals surface area contributed by atoms with Crippen molar-refractivity contribution in [3.05, 3.63) is 54.2 Å². The quantitative estimate of drug-likeness (QED) is 0.652. The fourth-order valence-corrected chi connectivity index (χ4v) is 2.01. The van der Waals surface area contributed by atoms with E-state index < -0.39 is 0 Å². The Labute approximate surface area is 136 Å². The second-order valence-electron chi connectivity index (χ2n) is 4.92. The average molecular weight is 314 g/mol. The van der Waals surface area contributed by atoms with Gasteiger partial charge in [0.2, 0.25) is 0 Å². The van der Waals surface area contributed by atoms with Crippen LogP contribution in [0, 0.1) is 0 Å². The van der Waals surface area contributed by atoms with Crippen molar-refractivity contribution in [2.45, 2.75) is 6.42 Å². The van der Waals surface area contributed by atoms with Gasteiger partial charge in [-0.05, 0) is 36.2 Å². The Morgan fingerprint density at radius 3 is 2.52 bits per heavy atom. The summed E-state index contributed by atoms with van der Waals surface area (Å²) >= 11 is 0. The predicted molar refractivity (Wildman–Crippen MR) is 90.8 cm³/mol. The SMILES string of the molecule is COc1ccc(CCNC(=O)NCCNc2ccccn2)cc1. The summed E-state index contributed by atoms with van der Waals surface area (Å²) < 4.78 is 5.11. The monoisotopic (exact) mass is 314 g/mol. The van der Waals surface area contributed by atoms with E-state index in [1.807, 2.05) is 42.5 Å². The first-order valence-corrected chi connectivity index (χ1v) is 7.57. The average Bonchev–Trinajstić information content (AvgIpc) is 2.60. The van der Waals surface area contributed by atoms with E-state index in [0.717, 1.165) is 23.6 Å². The number of hydrogen-bond acceptors (Lipinski definition) is 4. The zero-order valence-electron chi connectivity index (χ0n) is 13.2. The van der Waals surface area contributed by atoms with Gasteiger partial charge in [-0.25, -0.2) is 9.78 Å². The molecule has 0 fully saturated rings. The van der Waals surface area contributed by atoms with Crippen LogP contribution in [0.2, 0.25) is 0 Å². The summed E-state index contributed by atoms with van der Waals surface area (Å²) in [6.45, 7) is 1.75. The number of aromatic nitrogens is 1. The predicted octanol–water partition coefficient (Wildman–Crippen LogP) is 2.04. The highest BCUT2D eigenvalue weighted by atomic mass is 16.5. The summed E-state index contributed by atoms with van der Waals surface area (Å²) in [5.41, 5.74) is 1.16. The molecule has 2 aromatic rings. The third-order valence-corrected chi connectivity index (χ3v) is 3.24. The highest BCUT2D eigenvalue weighted by Gasteiger charge is 2.00. The van der Waals surface area contributed by atoms with Crippen LogP contribution in [0.5, 0.6) is 5.75 Å². The standard InChI is InChI=1S/C17H22N4O2/c1-23-15-7-5-14(6-8-15)9-11-20-17(22)21-13-12-19-16-4-2-3-10-18-16/h2-8,10H,9,11-13H2,1H3,(H,18,19)(H2,20,21,22). The van der Waals surface area contributed by atoms with Gasteiger partial charge >= 0.3 is 6.03 Å². The van der Waals surface area contributed by atoms with Gasteiger partial charge in [0.05, 0.1) is 7.11 Å². The number of carbonyl (C=O) groups is 1. The van der Waals surface area contributed by atoms with Crippen molar-refractivity contribution < 1.29 is 9.53 Å². The summed E-state index contributed by atoms with van der Waals surface area (Å²) in [6.07, 6.45) is 2.51. The van der Waals surface area contributed by atoms with E-state index in [-0.39, 0.29) is 6.03 Å². The summed E-state index contributed by atoms with van der Waals surface area (Å²) in [5, 5.41) is 8.76. The molecule has 0 aliphatic heterocycles. The van der Waals surface area contributed by atoms with Gasteiger partial charge in [0.25, 0.3) is 0 Å². The highest BCUT2D eigenvalue weighted by Crippen LogP contribution is 2.11. The van der Waals surface area contributed by atoms with E-state index in [1.165, 1.54) is 0 Å². The minimum atomic E-state index is -0.165. The van der Waals surface area contributed by atoms with Crippen molar-refractivity contribution in [1.29, 1.82) is 0 Å². The van der Waals surface area contributed by atoms with Crippen LogP contribution in [-0.2, 0) is 6.42 Å². The molecule has 0 bridgehead atoms. The van der Waals surface area contributed by atoms with E-state index >= 15 is 0 Å². The van der Waals surface area contributed by atoms with E-state index in [0.29, 0.717) is 19.6 Å². The zero-order chi connectivity index (χ0) is 16.3. The number of anilines is 1. The largest absolute Gasteiger partial charge is 0.497 e.